The number of nitrogens with two attached hydrogens (primary N) is 1. The van der Waals surface area contributed by atoms with Gasteiger partial charge in [-0.3, -0.25) is 4.79 Å². The van der Waals surface area contributed by atoms with Crippen molar-refractivity contribution >= 4 is 5.97 Å². The summed E-state index contributed by atoms with van der Waals surface area (Å²) < 4.78 is 50.1. The minimum absolute atomic E-state index is 0.0103. The van der Waals surface area contributed by atoms with Crippen LogP contribution in [-0.4, -0.2) is 17.6 Å². The van der Waals surface area contributed by atoms with Gasteiger partial charge in [-0.25, -0.2) is 17.6 Å². The van der Waals surface area contributed by atoms with Crippen LogP contribution in [0.15, 0.2) is 42.5 Å². The maximum absolute atomic E-state index is 12.7. The second-order valence-corrected chi connectivity index (χ2v) is 4.56. The van der Waals surface area contributed by atoms with Gasteiger partial charge < -0.3 is 10.8 Å². The van der Waals surface area contributed by atoms with Gasteiger partial charge in [0.15, 0.2) is 0 Å². The van der Waals surface area contributed by atoms with Crippen LogP contribution >= 0.6 is 0 Å². The number of carboxylic acids is 1. The third kappa shape index (κ3) is 6.48. The van der Waals surface area contributed by atoms with Gasteiger partial charge in [-0.2, -0.15) is 0 Å². The largest absolute Gasteiger partial charge is 0.481 e. The lowest BCUT2D eigenvalue weighted by molar-refractivity contribution is -0.136. The van der Waals surface area contributed by atoms with Crippen molar-refractivity contribution in [2.24, 2.45) is 5.73 Å². The van der Waals surface area contributed by atoms with Crippen LogP contribution < -0.4 is 5.73 Å². The van der Waals surface area contributed by atoms with Crippen LogP contribution in [0.4, 0.5) is 17.6 Å². The molecule has 1 unspecified atom stereocenters. The molecule has 0 aliphatic rings. The van der Waals surface area contributed by atoms with Gasteiger partial charge in [0.1, 0.15) is 23.6 Å². The van der Waals surface area contributed by atoms with Crippen LogP contribution in [-0.2, 0) is 11.2 Å². The van der Waals surface area contributed by atoms with Crippen molar-refractivity contribution in [2.75, 3.05) is 6.54 Å². The summed E-state index contributed by atoms with van der Waals surface area (Å²) in [6, 6.07) is 8.05. The fraction of sp³-hybridized carbons (Fsp3) is 0.188. The van der Waals surface area contributed by atoms with Crippen molar-refractivity contribution in [3.8, 4) is 0 Å². The van der Waals surface area contributed by atoms with E-state index in [1.165, 1.54) is 24.3 Å². The zero-order chi connectivity index (χ0) is 17.4. The van der Waals surface area contributed by atoms with E-state index in [2.05, 4.69) is 0 Å². The fourth-order valence-corrected chi connectivity index (χ4v) is 1.64. The smallest absolute Gasteiger partial charge is 0.307 e. The molecule has 0 aliphatic heterocycles. The maximum atomic E-state index is 12.7. The van der Waals surface area contributed by atoms with E-state index < -0.39 is 30.2 Å². The first-order valence-corrected chi connectivity index (χ1v) is 6.58. The van der Waals surface area contributed by atoms with Gasteiger partial charge in [-0.05, 0) is 29.3 Å². The second-order valence-electron chi connectivity index (χ2n) is 4.56. The van der Waals surface area contributed by atoms with Crippen molar-refractivity contribution in [3.05, 3.63) is 71.0 Å². The number of alkyl halides is 1. The molecule has 3 N–H and O–H groups in total. The van der Waals surface area contributed by atoms with Gasteiger partial charge in [-0.15, -0.1) is 0 Å². The lowest BCUT2D eigenvalue weighted by Crippen LogP contribution is -2.07. The van der Waals surface area contributed by atoms with Crippen LogP contribution in [0.2, 0.25) is 0 Å². The van der Waals surface area contributed by atoms with E-state index in [4.69, 9.17) is 10.8 Å². The zero-order valence-corrected chi connectivity index (χ0v) is 12.0. The molecule has 7 heteroatoms. The molecule has 0 fully saturated rings. The van der Waals surface area contributed by atoms with Crippen molar-refractivity contribution in [1.82, 2.24) is 0 Å². The number of carbonyl (C=O) groups is 1. The summed E-state index contributed by atoms with van der Waals surface area (Å²) in [6.07, 6.45) is -1.61. The van der Waals surface area contributed by atoms with Crippen LogP contribution in [0.1, 0.15) is 17.3 Å². The number of rotatable bonds is 4. The molecule has 0 aromatic heterocycles. The Kier molecular flexibility index (Phi) is 7.21. The number of hydrogen-bond donors (Lipinski definition) is 2. The highest BCUT2D eigenvalue weighted by molar-refractivity contribution is 5.70. The molecule has 0 saturated carbocycles. The molecule has 0 saturated heterocycles. The molecular weight excluding hydrogens is 314 g/mol. The van der Waals surface area contributed by atoms with E-state index in [9.17, 15) is 22.4 Å². The van der Waals surface area contributed by atoms with Crippen LogP contribution in [0.3, 0.4) is 0 Å². The van der Waals surface area contributed by atoms with Gasteiger partial charge >= 0.3 is 5.97 Å². The van der Waals surface area contributed by atoms with E-state index >= 15 is 0 Å². The Morgan fingerprint density at radius 1 is 1.04 bits per heavy atom. The summed E-state index contributed by atoms with van der Waals surface area (Å²) in [6.45, 7) is -0.0639. The molecule has 2 aromatic carbocycles. The molecule has 3 nitrogen and oxygen atoms in total. The Morgan fingerprint density at radius 3 is 2.09 bits per heavy atom. The molecule has 0 heterocycles. The second kappa shape index (κ2) is 8.89. The third-order valence-corrected chi connectivity index (χ3v) is 2.80. The topological polar surface area (TPSA) is 63.3 Å². The van der Waals surface area contributed by atoms with Gasteiger partial charge in [0, 0.05) is 12.6 Å². The molecule has 2 rings (SSSR count). The van der Waals surface area contributed by atoms with Gasteiger partial charge in [0.05, 0.1) is 6.42 Å². The number of halogens is 4. The highest BCUT2D eigenvalue weighted by Gasteiger charge is 2.07. The molecular formula is C16H15F4NO2. The number of hydrogen-bond acceptors (Lipinski definition) is 2. The molecule has 2 aromatic rings. The Balaban J connectivity index is 0.000000231. The normalized spacial score (nSPS) is 11.3. The molecule has 0 radical (unpaired) electrons. The maximum Gasteiger partial charge on any atom is 0.307 e. The van der Waals surface area contributed by atoms with E-state index in [0.29, 0.717) is 11.6 Å². The molecule has 1 atom stereocenters. The van der Waals surface area contributed by atoms with E-state index in [-0.39, 0.29) is 17.9 Å². The Labute approximate surface area is 130 Å². The number of carboxylic acid groups (broad SMARTS) is 1. The Hall–Kier alpha value is -2.41. The molecule has 0 amide bonds. The average Bonchev–Trinajstić information content (AvgIpc) is 2.50. The predicted octanol–water partition coefficient (Wildman–Crippen LogP) is 3.39. The zero-order valence-electron chi connectivity index (χ0n) is 12.0. The summed E-state index contributed by atoms with van der Waals surface area (Å²) in [5.74, 6) is -3.03. The van der Waals surface area contributed by atoms with Crippen LogP contribution in [0.25, 0.3) is 0 Å². The number of benzene rings is 2. The van der Waals surface area contributed by atoms with Crippen LogP contribution in [0.5, 0.6) is 0 Å². The third-order valence-electron chi connectivity index (χ3n) is 2.80. The molecule has 124 valence electrons. The first kappa shape index (κ1) is 18.6. The predicted molar refractivity (Wildman–Crippen MR) is 77.0 cm³/mol. The Morgan fingerprint density at radius 2 is 1.61 bits per heavy atom. The van der Waals surface area contributed by atoms with Crippen LogP contribution in [0, 0.1) is 17.5 Å². The summed E-state index contributed by atoms with van der Waals surface area (Å²) in [5.41, 5.74) is 5.49. The molecule has 0 aliphatic carbocycles. The first-order valence-electron chi connectivity index (χ1n) is 6.58. The summed E-state index contributed by atoms with van der Waals surface area (Å²) >= 11 is 0. The monoisotopic (exact) mass is 329 g/mol. The van der Waals surface area contributed by atoms with Gasteiger partial charge in [0.25, 0.3) is 0 Å². The van der Waals surface area contributed by atoms with Crippen molar-refractivity contribution in [1.29, 1.82) is 0 Å². The van der Waals surface area contributed by atoms with Crippen molar-refractivity contribution in [3.63, 3.8) is 0 Å². The number of aliphatic carboxylic acids is 1. The SMILES string of the molecule is NCC(F)c1ccc(F)cc1.O=C(O)Cc1ccc(F)cc1F. The summed E-state index contributed by atoms with van der Waals surface area (Å²) in [5, 5.41) is 8.30. The Bertz CT molecular complexity index is 647. The lowest BCUT2D eigenvalue weighted by atomic mass is 10.1. The molecule has 0 bridgehead atoms. The lowest BCUT2D eigenvalue weighted by Gasteiger charge is -2.03. The standard InChI is InChI=1S/C8H9F2N.C8H6F2O2/c9-7-3-1-6(2-4-7)8(10)5-11;9-6-2-1-5(3-8(11)12)7(10)4-6/h1-4,8H,5,11H2;1-2,4H,3H2,(H,11,12). The van der Waals surface area contributed by atoms with Crippen molar-refractivity contribution < 1.29 is 27.5 Å². The van der Waals surface area contributed by atoms with E-state index in [1.54, 1.807) is 0 Å². The first-order chi connectivity index (χ1) is 10.8. The molecule has 0 spiro atoms. The summed E-state index contributed by atoms with van der Waals surface area (Å²) in [7, 11) is 0. The minimum Gasteiger partial charge on any atom is -0.481 e. The quantitative estimate of drug-likeness (QED) is 0.845. The summed E-state index contributed by atoms with van der Waals surface area (Å²) in [4.78, 5) is 10.1. The van der Waals surface area contributed by atoms with Gasteiger partial charge in [-0.1, -0.05) is 18.2 Å². The average molecular weight is 329 g/mol. The van der Waals surface area contributed by atoms with E-state index in [0.717, 1.165) is 12.1 Å². The highest BCUT2D eigenvalue weighted by Crippen LogP contribution is 2.15. The molecule has 23 heavy (non-hydrogen) atoms. The minimum atomic E-state index is -1.18. The van der Waals surface area contributed by atoms with E-state index in [1.807, 2.05) is 0 Å². The fourth-order valence-electron chi connectivity index (χ4n) is 1.64. The highest BCUT2D eigenvalue weighted by atomic mass is 19.1. The van der Waals surface area contributed by atoms with Gasteiger partial charge in [0.2, 0.25) is 0 Å². The van der Waals surface area contributed by atoms with Crippen molar-refractivity contribution in [2.45, 2.75) is 12.6 Å².